The van der Waals surface area contributed by atoms with Gasteiger partial charge in [-0.1, -0.05) is 133 Å². The molecule has 0 bridgehead atoms. The third-order valence-electron chi connectivity index (χ3n) is 9.86. The molecule has 9 nitrogen and oxygen atoms in total. The van der Waals surface area contributed by atoms with Crippen molar-refractivity contribution in [3.63, 3.8) is 0 Å². The fourth-order valence-electron chi connectivity index (χ4n) is 7.37. The van der Waals surface area contributed by atoms with Gasteiger partial charge in [-0.15, -0.1) is 11.8 Å². The minimum Gasteiger partial charge on any atom is -0.492 e. The van der Waals surface area contributed by atoms with Crippen molar-refractivity contribution in [1.29, 1.82) is 0 Å². The molecule has 2 amide bonds. The SMILES string of the molecule is CCOC(=O)[C@H](Cc1ccccc1)NC(=O)c1cccc2c1OCC[C@@H]2N(CCCSC(c1ccccc1)(c1ccccc1)c1ccccc1)NC(=O)OC(C)(C)C. The van der Waals surface area contributed by atoms with Crippen LogP contribution >= 0.6 is 11.8 Å². The zero-order valence-corrected chi connectivity index (χ0v) is 34.5. The van der Waals surface area contributed by atoms with E-state index in [-0.39, 0.29) is 19.1 Å². The van der Waals surface area contributed by atoms with Crippen LogP contribution in [0.4, 0.5) is 4.79 Å². The summed E-state index contributed by atoms with van der Waals surface area (Å²) >= 11 is 1.86. The van der Waals surface area contributed by atoms with Crippen LogP contribution in [0.25, 0.3) is 0 Å². The molecular formula is C48H53N3O6S. The van der Waals surface area contributed by atoms with Gasteiger partial charge in [-0.25, -0.2) is 14.6 Å². The summed E-state index contributed by atoms with van der Waals surface area (Å²) in [6.45, 7) is 8.23. The standard InChI is InChI=1S/C48H53N3O6S/c1-5-55-45(53)41(34-35-20-10-6-11-21-35)49-44(52)40-29-18-28-39-42(30-32-56-43(39)40)51(50-46(54)57-47(2,3)4)31-19-33-58-48(36-22-12-7-13-23-36,37-24-14-8-15-25-37)38-26-16-9-17-27-38/h6-18,20-29,41-42H,5,19,30-34H2,1-4H3,(H,49,52)(H,50,54)/t41-,42-/m0/s1. The molecular weight excluding hydrogens is 747 g/mol. The van der Waals surface area contributed by atoms with Crippen molar-refractivity contribution >= 4 is 29.7 Å². The molecule has 0 aromatic heterocycles. The molecule has 2 atom stereocenters. The zero-order valence-electron chi connectivity index (χ0n) is 33.7. The second-order valence-corrected chi connectivity index (χ2v) is 16.4. The maximum absolute atomic E-state index is 14.0. The Morgan fingerprint density at radius 3 is 1.91 bits per heavy atom. The van der Waals surface area contributed by atoms with Crippen molar-refractivity contribution in [3.05, 3.63) is 173 Å². The number of fused-ring (bicyclic) bond motifs is 1. The first-order chi connectivity index (χ1) is 28.1. The zero-order chi connectivity index (χ0) is 41.0. The van der Waals surface area contributed by atoms with Crippen molar-refractivity contribution in [2.45, 2.75) is 69.4 Å². The quantitative estimate of drug-likeness (QED) is 0.0441. The van der Waals surface area contributed by atoms with Gasteiger partial charge in [0.2, 0.25) is 0 Å². The summed E-state index contributed by atoms with van der Waals surface area (Å²) in [5.74, 6) is 0.207. The lowest BCUT2D eigenvalue weighted by Gasteiger charge is -2.37. The number of benzene rings is 5. The molecule has 10 heteroatoms. The fraction of sp³-hybridized carbons (Fsp3) is 0.312. The van der Waals surface area contributed by atoms with Crippen LogP contribution in [0, 0.1) is 0 Å². The van der Waals surface area contributed by atoms with Crippen LogP contribution in [0.3, 0.4) is 0 Å². The fourth-order valence-corrected chi connectivity index (χ4v) is 8.86. The van der Waals surface area contributed by atoms with Gasteiger partial charge in [-0.3, -0.25) is 10.2 Å². The van der Waals surface area contributed by atoms with Crippen LogP contribution in [0.15, 0.2) is 140 Å². The summed E-state index contributed by atoms with van der Waals surface area (Å²) in [4.78, 5) is 40.4. The van der Waals surface area contributed by atoms with E-state index < -0.39 is 34.4 Å². The number of nitrogens with zero attached hydrogens (tertiary/aromatic N) is 1. The number of hydrogen-bond acceptors (Lipinski definition) is 8. The van der Waals surface area contributed by atoms with E-state index in [9.17, 15) is 14.4 Å². The Kier molecular flexibility index (Phi) is 14.3. The van der Waals surface area contributed by atoms with Gasteiger partial charge in [-0.05, 0) is 68.2 Å². The molecule has 0 saturated carbocycles. The Morgan fingerprint density at radius 1 is 0.793 bits per heavy atom. The molecule has 0 fully saturated rings. The predicted molar refractivity (Wildman–Crippen MR) is 230 cm³/mol. The van der Waals surface area contributed by atoms with E-state index in [1.54, 1.807) is 19.1 Å². The second-order valence-electron chi connectivity index (χ2n) is 15.1. The highest BCUT2D eigenvalue weighted by Crippen LogP contribution is 2.48. The normalized spacial score (nSPS) is 14.4. The van der Waals surface area contributed by atoms with Crippen LogP contribution in [0.1, 0.15) is 84.8 Å². The molecule has 0 radical (unpaired) electrons. The summed E-state index contributed by atoms with van der Waals surface area (Å²) in [6.07, 6.45) is 0.980. The lowest BCUT2D eigenvalue weighted by atomic mass is 9.84. The number of carbonyl (C=O) groups is 3. The van der Waals surface area contributed by atoms with Gasteiger partial charge in [0.1, 0.15) is 17.4 Å². The summed E-state index contributed by atoms with van der Waals surface area (Å²) in [5, 5.41) is 4.84. The molecule has 0 saturated heterocycles. The van der Waals surface area contributed by atoms with Crippen LogP contribution in [-0.4, -0.2) is 60.1 Å². The number of rotatable bonds is 16. The van der Waals surface area contributed by atoms with Gasteiger partial charge in [0, 0.05) is 24.9 Å². The van der Waals surface area contributed by atoms with Crippen LogP contribution in [0.2, 0.25) is 0 Å². The molecule has 2 N–H and O–H groups in total. The first-order valence-corrected chi connectivity index (χ1v) is 20.9. The first-order valence-electron chi connectivity index (χ1n) is 19.9. The van der Waals surface area contributed by atoms with Gasteiger partial charge in [0.25, 0.3) is 5.91 Å². The summed E-state index contributed by atoms with van der Waals surface area (Å²) in [6, 6.07) is 45.4. The second kappa shape index (κ2) is 19.7. The van der Waals surface area contributed by atoms with Crippen LogP contribution < -0.4 is 15.5 Å². The maximum Gasteiger partial charge on any atom is 0.422 e. The largest absolute Gasteiger partial charge is 0.492 e. The van der Waals surface area contributed by atoms with Gasteiger partial charge < -0.3 is 19.5 Å². The monoisotopic (exact) mass is 799 g/mol. The molecule has 0 unspecified atom stereocenters. The molecule has 5 aromatic rings. The highest BCUT2D eigenvalue weighted by molar-refractivity contribution is 8.00. The van der Waals surface area contributed by atoms with Gasteiger partial charge in [0.05, 0.1) is 29.6 Å². The Bertz CT molecular complexity index is 2000. The molecule has 1 aliphatic heterocycles. The highest BCUT2D eigenvalue weighted by atomic mass is 32.2. The van der Waals surface area contributed by atoms with Crippen LogP contribution in [-0.2, 0) is 25.4 Å². The number of hydrogen-bond donors (Lipinski definition) is 2. The minimum atomic E-state index is -0.900. The Labute approximate surface area is 346 Å². The summed E-state index contributed by atoms with van der Waals surface area (Å²) in [7, 11) is 0. The molecule has 58 heavy (non-hydrogen) atoms. The van der Waals surface area contributed by atoms with Gasteiger partial charge in [0.15, 0.2) is 0 Å². The summed E-state index contributed by atoms with van der Waals surface area (Å²) in [5.41, 5.74) is 7.84. The highest BCUT2D eigenvalue weighted by Gasteiger charge is 2.38. The van der Waals surface area contributed by atoms with E-state index in [1.807, 2.05) is 92.1 Å². The number of esters is 1. The predicted octanol–water partition coefficient (Wildman–Crippen LogP) is 9.27. The van der Waals surface area contributed by atoms with E-state index >= 15 is 0 Å². The Balaban J connectivity index is 1.27. The lowest BCUT2D eigenvalue weighted by Crippen LogP contribution is -2.48. The van der Waals surface area contributed by atoms with E-state index in [2.05, 4.69) is 83.5 Å². The molecule has 0 aliphatic carbocycles. The first kappa shape index (κ1) is 42.0. The van der Waals surface area contributed by atoms with E-state index in [0.29, 0.717) is 37.3 Å². The third kappa shape index (κ3) is 10.5. The average molecular weight is 800 g/mol. The molecule has 1 aliphatic rings. The van der Waals surface area contributed by atoms with Gasteiger partial charge >= 0.3 is 12.1 Å². The molecule has 1 heterocycles. The Hall–Kier alpha value is -5.58. The van der Waals surface area contributed by atoms with Crippen molar-refractivity contribution < 1.29 is 28.6 Å². The molecule has 5 aromatic carbocycles. The van der Waals surface area contributed by atoms with Crippen molar-refractivity contribution in [2.75, 3.05) is 25.5 Å². The topological polar surface area (TPSA) is 106 Å². The molecule has 0 spiro atoms. The average Bonchev–Trinajstić information content (AvgIpc) is 3.23. The number of para-hydroxylation sites is 1. The Morgan fingerprint density at radius 2 is 1.36 bits per heavy atom. The van der Waals surface area contributed by atoms with Crippen molar-refractivity contribution in [3.8, 4) is 5.75 Å². The smallest absolute Gasteiger partial charge is 0.422 e. The third-order valence-corrected chi connectivity index (χ3v) is 11.5. The number of carbonyl (C=O) groups excluding carboxylic acids is 3. The number of amides is 2. The summed E-state index contributed by atoms with van der Waals surface area (Å²) < 4.78 is 16.8. The number of ether oxygens (including phenoxy) is 3. The molecule has 6 rings (SSSR count). The van der Waals surface area contributed by atoms with E-state index in [4.69, 9.17) is 14.2 Å². The minimum absolute atomic E-state index is 0.191. The van der Waals surface area contributed by atoms with Crippen LogP contribution in [0.5, 0.6) is 5.75 Å². The maximum atomic E-state index is 14.0. The van der Waals surface area contributed by atoms with E-state index in [1.165, 1.54) is 16.7 Å². The van der Waals surface area contributed by atoms with Crippen molar-refractivity contribution in [1.82, 2.24) is 15.8 Å². The number of hydrazine groups is 1. The lowest BCUT2D eigenvalue weighted by molar-refractivity contribution is -0.145. The van der Waals surface area contributed by atoms with Crippen molar-refractivity contribution in [2.24, 2.45) is 0 Å². The number of thioether (sulfide) groups is 1. The number of nitrogens with one attached hydrogen (secondary N) is 2. The molecule has 302 valence electrons. The van der Waals surface area contributed by atoms with Gasteiger partial charge in [-0.2, -0.15) is 0 Å². The van der Waals surface area contributed by atoms with E-state index in [0.717, 1.165) is 16.9 Å².